The number of fused-ring (bicyclic) bond motifs is 1. The van der Waals surface area contributed by atoms with Gasteiger partial charge in [0.1, 0.15) is 12.6 Å². The summed E-state index contributed by atoms with van der Waals surface area (Å²) in [5.41, 5.74) is 7.62. The molecule has 1 aliphatic heterocycles. The van der Waals surface area contributed by atoms with Crippen LogP contribution in [0.2, 0.25) is 10.0 Å². The molecule has 53 heavy (non-hydrogen) atoms. The van der Waals surface area contributed by atoms with Crippen LogP contribution in [0.25, 0.3) is 0 Å². The summed E-state index contributed by atoms with van der Waals surface area (Å²) >= 11 is 14.1. The lowest BCUT2D eigenvalue weighted by Crippen LogP contribution is -2.50. The Bertz CT molecular complexity index is 2100. The second kappa shape index (κ2) is 16.2. The molecule has 0 aromatic heterocycles. The molecule has 0 saturated heterocycles. The number of ether oxygens (including phenoxy) is 1. The van der Waals surface area contributed by atoms with Gasteiger partial charge < -0.3 is 10.1 Å². The maximum Gasteiger partial charge on any atom is 0.329 e. The summed E-state index contributed by atoms with van der Waals surface area (Å²) in [6.07, 6.45) is 0.836. The van der Waals surface area contributed by atoms with Gasteiger partial charge in [-0.1, -0.05) is 174 Å². The number of benzene rings is 6. The van der Waals surface area contributed by atoms with Gasteiger partial charge >= 0.3 is 5.97 Å². The molecule has 0 saturated carbocycles. The van der Waals surface area contributed by atoms with E-state index in [0.29, 0.717) is 24.5 Å². The molecule has 5 nitrogen and oxygen atoms in total. The van der Waals surface area contributed by atoms with Crippen molar-refractivity contribution in [2.75, 3.05) is 6.54 Å². The SMILES string of the molecule is Cc1cccc(C[C@H](NC(=O)c2c(Cl)cc3c(c2Cl)CCN(C(c2ccccc2)(c2ccccc2)c2ccccc2)C3)C(=O)OCc2ccccc2)c1. The number of carbonyl (C=O) groups is 2. The van der Waals surface area contributed by atoms with Gasteiger partial charge in [-0.2, -0.15) is 0 Å². The van der Waals surface area contributed by atoms with E-state index in [-0.39, 0.29) is 23.6 Å². The van der Waals surface area contributed by atoms with Gasteiger partial charge in [0.2, 0.25) is 0 Å². The van der Waals surface area contributed by atoms with Crippen molar-refractivity contribution in [3.63, 3.8) is 0 Å². The minimum atomic E-state index is -0.963. The molecule has 1 heterocycles. The minimum absolute atomic E-state index is 0.0904. The third kappa shape index (κ3) is 7.65. The number of esters is 1. The van der Waals surface area contributed by atoms with Crippen molar-refractivity contribution < 1.29 is 14.3 Å². The Morgan fingerprint density at radius 1 is 0.736 bits per heavy atom. The highest BCUT2D eigenvalue weighted by Crippen LogP contribution is 2.46. The van der Waals surface area contributed by atoms with Crippen LogP contribution in [-0.2, 0) is 41.1 Å². The standard InChI is InChI=1S/C46H40Cl2N2O3/c1-32-15-14-18-34(27-32)28-41(45(52)53-31-33-16-6-2-7-17-33)49-44(51)42-40(47)29-35-30-50(26-25-39(35)43(42)48)46(36-19-8-3-9-20-36,37-21-10-4-11-22-37)38-23-12-5-13-24-38/h2-24,27,29,41H,25-26,28,30-31H2,1H3,(H,49,51)/t41-/m0/s1. The summed E-state index contributed by atoms with van der Waals surface area (Å²) in [4.78, 5) is 30.1. The Morgan fingerprint density at radius 2 is 1.28 bits per heavy atom. The molecule has 6 aromatic rings. The van der Waals surface area contributed by atoms with Crippen molar-refractivity contribution in [3.8, 4) is 0 Å². The molecule has 7 rings (SSSR count). The summed E-state index contributed by atoms with van der Waals surface area (Å²) in [6, 6.07) is 49.9. The van der Waals surface area contributed by atoms with Crippen LogP contribution in [0.5, 0.6) is 0 Å². The van der Waals surface area contributed by atoms with E-state index < -0.39 is 23.5 Å². The quantitative estimate of drug-likeness (QED) is 0.106. The number of rotatable bonds is 11. The smallest absolute Gasteiger partial charge is 0.329 e. The van der Waals surface area contributed by atoms with Gasteiger partial charge in [-0.15, -0.1) is 0 Å². The van der Waals surface area contributed by atoms with Crippen LogP contribution >= 0.6 is 23.2 Å². The number of hydrogen-bond donors (Lipinski definition) is 1. The van der Waals surface area contributed by atoms with Crippen LogP contribution in [0.4, 0.5) is 0 Å². The highest BCUT2D eigenvalue weighted by molar-refractivity contribution is 6.40. The van der Waals surface area contributed by atoms with Crippen LogP contribution in [-0.4, -0.2) is 29.4 Å². The predicted octanol–water partition coefficient (Wildman–Crippen LogP) is 9.74. The van der Waals surface area contributed by atoms with Crippen LogP contribution in [0.1, 0.15) is 54.9 Å². The molecule has 0 aliphatic carbocycles. The number of carbonyl (C=O) groups excluding carboxylic acids is 2. The first-order valence-corrected chi connectivity index (χ1v) is 18.6. The first-order chi connectivity index (χ1) is 25.8. The van der Waals surface area contributed by atoms with E-state index in [0.717, 1.165) is 44.5 Å². The molecule has 1 atom stereocenters. The fourth-order valence-corrected chi connectivity index (χ4v) is 8.32. The fourth-order valence-electron chi connectivity index (χ4n) is 7.56. The van der Waals surface area contributed by atoms with E-state index in [1.807, 2.05) is 85.8 Å². The van der Waals surface area contributed by atoms with Gasteiger partial charge in [-0.25, -0.2) is 4.79 Å². The summed E-state index contributed by atoms with van der Waals surface area (Å²) in [7, 11) is 0. The third-order valence-electron chi connectivity index (χ3n) is 10.0. The Hall–Kier alpha value is -5.20. The van der Waals surface area contributed by atoms with E-state index >= 15 is 0 Å². The van der Waals surface area contributed by atoms with Crippen molar-refractivity contribution in [2.24, 2.45) is 0 Å². The van der Waals surface area contributed by atoms with Crippen LogP contribution < -0.4 is 5.32 Å². The van der Waals surface area contributed by atoms with E-state index in [4.69, 9.17) is 27.9 Å². The van der Waals surface area contributed by atoms with Gasteiger partial charge in [-0.05, 0) is 58.4 Å². The topological polar surface area (TPSA) is 58.6 Å². The molecular weight excluding hydrogens is 699 g/mol. The molecule has 266 valence electrons. The van der Waals surface area contributed by atoms with Gasteiger partial charge in [0, 0.05) is 19.5 Å². The van der Waals surface area contributed by atoms with E-state index in [1.54, 1.807) is 0 Å². The lowest BCUT2D eigenvalue weighted by Gasteiger charge is -2.48. The lowest BCUT2D eigenvalue weighted by atomic mass is 9.74. The summed E-state index contributed by atoms with van der Waals surface area (Å²) in [5, 5.41) is 3.46. The van der Waals surface area contributed by atoms with Crippen molar-refractivity contribution in [2.45, 2.75) is 44.5 Å². The zero-order valence-electron chi connectivity index (χ0n) is 29.5. The molecule has 6 aromatic carbocycles. The summed E-state index contributed by atoms with van der Waals surface area (Å²) < 4.78 is 5.71. The molecule has 0 unspecified atom stereocenters. The maximum absolute atomic E-state index is 14.1. The van der Waals surface area contributed by atoms with Gasteiger partial charge in [-0.3, -0.25) is 9.69 Å². The molecule has 1 N–H and O–H groups in total. The normalized spacial score (nSPS) is 13.5. The van der Waals surface area contributed by atoms with Gasteiger partial charge in [0.25, 0.3) is 5.91 Å². The Balaban J connectivity index is 1.21. The third-order valence-corrected chi connectivity index (χ3v) is 10.7. The fraction of sp³-hybridized carbons (Fsp3) is 0.174. The molecule has 0 spiro atoms. The average Bonchev–Trinajstić information content (AvgIpc) is 3.18. The Kier molecular flexibility index (Phi) is 11.1. The van der Waals surface area contributed by atoms with Crippen LogP contribution in [0, 0.1) is 6.92 Å². The Labute approximate surface area is 321 Å². The van der Waals surface area contributed by atoms with Gasteiger partial charge in [0.15, 0.2) is 0 Å². The van der Waals surface area contributed by atoms with Gasteiger partial charge in [0.05, 0.1) is 21.1 Å². The van der Waals surface area contributed by atoms with Crippen molar-refractivity contribution >= 4 is 35.1 Å². The molecule has 1 amide bonds. The Morgan fingerprint density at radius 3 is 1.85 bits per heavy atom. The van der Waals surface area contributed by atoms with E-state index in [2.05, 4.69) is 83.0 Å². The summed E-state index contributed by atoms with van der Waals surface area (Å²) in [6.45, 7) is 3.28. The highest BCUT2D eigenvalue weighted by atomic mass is 35.5. The monoisotopic (exact) mass is 738 g/mol. The maximum atomic E-state index is 14.1. The van der Waals surface area contributed by atoms with Crippen molar-refractivity contribution in [1.82, 2.24) is 10.2 Å². The van der Waals surface area contributed by atoms with Crippen LogP contribution in [0.15, 0.2) is 152 Å². The predicted molar refractivity (Wildman–Crippen MR) is 212 cm³/mol. The molecule has 1 aliphatic rings. The number of halogens is 2. The zero-order chi connectivity index (χ0) is 36.8. The summed E-state index contributed by atoms with van der Waals surface area (Å²) in [5.74, 6) is -1.06. The number of nitrogens with one attached hydrogen (secondary N) is 1. The number of hydrogen-bond acceptors (Lipinski definition) is 4. The second-order valence-corrected chi connectivity index (χ2v) is 14.3. The van der Waals surface area contributed by atoms with E-state index in [1.165, 1.54) is 0 Å². The highest BCUT2D eigenvalue weighted by Gasteiger charge is 2.43. The van der Waals surface area contributed by atoms with Crippen LogP contribution in [0.3, 0.4) is 0 Å². The molecule has 0 radical (unpaired) electrons. The first kappa shape index (κ1) is 36.2. The number of aryl methyl sites for hydroxylation is 1. The number of nitrogens with zero attached hydrogens (tertiary/aromatic N) is 1. The lowest BCUT2D eigenvalue weighted by molar-refractivity contribution is -0.147. The second-order valence-electron chi connectivity index (χ2n) is 13.5. The van der Waals surface area contributed by atoms with E-state index in [9.17, 15) is 9.59 Å². The van der Waals surface area contributed by atoms with Crippen molar-refractivity contribution in [1.29, 1.82) is 0 Å². The zero-order valence-corrected chi connectivity index (χ0v) is 31.0. The first-order valence-electron chi connectivity index (χ1n) is 17.8. The number of amides is 1. The largest absolute Gasteiger partial charge is 0.459 e. The molecular formula is C46H40Cl2N2O3. The molecule has 0 bridgehead atoms. The minimum Gasteiger partial charge on any atom is -0.459 e. The molecule has 7 heteroatoms. The van der Waals surface area contributed by atoms with Crippen molar-refractivity contribution in [3.05, 3.63) is 212 Å². The molecule has 0 fully saturated rings. The average molecular weight is 740 g/mol.